The van der Waals surface area contributed by atoms with E-state index in [1.54, 1.807) is 0 Å². The van der Waals surface area contributed by atoms with Gasteiger partial charge in [0.15, 0.2) is 0 Å². The summed E-state index contributed by atoms with van der Waals surface area (Å²) in [5, 5.41) is 0. The second kappa shape index (κ2) is 8.44. The SMILES string of the molecule is CC(C)(C)/C=N/[C@H](c1ccccc1)[C@H](/N=C/C(C)(C)C)c1ccccc1. The fourth-order valence-corrected chi connectivity index (χ4v) is 2.61. The highest BCUT2D eigenvalue weighted by Gasteiger charge is 2.24. The van der Waals surface area contributed by atoms with Gasteiger partial charge in [0.25, 0.3) is 0 Å². The van der Waals surface area contributed by atoms with Crippen molar-refractivity contribution in [2.45, 2.75) is 53.6 Å². The maximum atomic E-state index is 5.00. The predicted molar refractivity (Wildman–Crippen MR) is 114 cm³/mol. The molecule has 0 spiro atoms. The zero-order valence-electron chi connectivity index (χ0n) is 17.0. The molecule has 138 valence electrons. The van der Waals surface area contributed by atoms with Crippen LogP contribution in [0, 0.1) is 10.8 Å². The van der Waals surface area contributed by atoms with Crippen molar-refractivity contribution in [1.82, 2.24) is 0 Å². The molecule has 0 aliphatic heterocycles. The number of aliphatic imine (C=N–C) groups is 2. The Morgan fingerprint density at radius 3 is 1.15 bits per heavy atom. The van der Waals surface area contributed by atoms with E-state index in [-0.39, 0.29) is 22.9 Å². The van der Waals surface area contributed by atoms with Crippen molar-refractivity contribution in [3.8, 4) is 0 Å². The minimum absolute atomic E-state index is 0.0298. The van der Waals surface area contributed by atoms with Crippen LogP contribution in [0.2, 0.25) is 0 Å². The number of hydrogen-bond acceptors (Lipinski definition) is 2. The third-order valence-electron chi connectivity index (χ3n) is 3.83. The Morgan fingerprint density at radius 1 is 0.577 bits per heavy atom. The van der Waals surface area contributed by atoms with E-state index >= 15 is 0 Å². The van der Waals surface area contributed by atoms with Crippen molar-refractivity contribution < 1.29 is 0 Å². The third kappa shape index (κ3) is 6.59. The van der Waals surface area contributed by atoms with Gasteiger partial charge in [0.2, 0.25) is 0 Å². The van der Waals surface area contributed by atoms with Crippen LogP contribution >= 0.6 is 0 Å². The number of nitrogens with zero attached hydrogens (tertiary/aromatic N) is 2. The van der Waals surface area contributed by atoms with Crippen molar-refractivity contribution in [1.29, 1.82) is 0 Å². The van der Waals surface area contributed by atoms with Crippen LogP contribution in [-0.4, -0.2) is 12.4 Å². The maximum absolute atomic E-state index is 5.00. The van der Waals surface area contributed by atoms with Crippen LogP contribution in [-0.2, 0) is 0 Å². The predicted octanol–water partition coefficient (Wildman–Crippen LogP) is 6.70. The molecule has 2 aromatic carbocycles. The van der Waals surface area contributed by atoms with Crippen molar-refractivity contribution in [2.24, 2.45) is 20.8 Å². The van der Waals surface area contributed by atoms with Crippen LogP contribution in [0.4, 0.5) is 0 Å². The highest BCUT2D eigenvalue weighted by Crippen LogP contribution is 2.36. The van der Waals surface area contributed by atoms with Gasteiger partial charge in [-0.2, -0.15) is 0 Å². The van der Waals surface area contributed by atoms with Crippen LogP contribution in [0.25, 0.3) is 0 Å². The molecule has 0 heterocycles. The van der Waals surface area contributed by atoms with Crippen molar-refractivity contribution >= 4 is 12.4 Å². The zero-order valence-corrected chi connectivity index (χ0v) is 17.0. The first-order valence-corrected chi connectivity index (χ1v) is 9.34. The quantitative estimate of drug-likeness (QED) is 0.537. The van der Waals surface area contributed by atoms with Gasteiger partial charge < -0.3 is 0 Å². The van der Waals surface area contributed by atoms with Gasteiger partial charge in [0, 0.05) is 12.4 Å². The Balaban J connectivity index is 2.53. The lowest BCUT2D eigenvalue weighted by atomic mass is 9.92. The Labute approximate surface area is 159 Å². The average Bonchev–Trinajstić information content (AvgIpc) is 2.57. The van der Waals surface area contributed by atoms with E-state index in [0.29, 0.717) is 0 Å². The number of benzene rings is 2. The number of hydrogen-bond donors (Lipinski definition) is 0. The van der Waals surface area contributed by atoms with Gasteiger partial charge in [0.1, 0.15) is 12.1 Å². The summed E-state index contributed by atoms with van der Waals surface area (Å²) in [5.41, 5.74) is 2.44. The minimum atomic E-state index is -0.0450. The molecule has 2 rings (SSSR count). The van der Waals surface area contributed by atoms with Crippen molar-refractivity contribution in [3.05, 3.63) is 71.8 Å². The Hall–Kier alpha value is -2.22. The summed E-state index contributed by atoms with van der Waals surface area (Å²) in [4.78, 5) is 10.0. The van der Waals surface area contributed by atoms with Crippen LogP contribution in [0.3, 0.4) is 0 Å². The lowest BCUT2D eigenvalue weighted by Gasteiger charge is -2.24. The van der Waals surface area contributed by atoms with Gasteiger partial charge >= 0.3 is 0 Å². The molecule has 0 radical (unpaired) electrons. The molecule has 0 saturated carbocycles. The molecule has 0 unspecified atom stereocenters. The van der Waals surface area contributed by atoms with E-state index in [1.807, 2.05) is 12.1 Å². The third-order valence-corrected chi connectivity index (χ3v) is 3.83. The van der Waals surface area contributed by atoms with Gasteiger partial charge in [-0.15, -0.1) is 0 Å². The van der Waals surface area contributed by atoms with Gasteiger partial charge in [-0.3, -0.25) is 9.98 Å². The van der Waals surface area contributed by atoms with E-state index in [2.05, 4.69) is 103 Å². The smallest absolute Gasteiger partial charge is 0.101 e. The molecule has 2 aromatic rings. The lowest BCUT2D eigenvalue weighted by molar-refractivity contribution is 0.544. The van der Waals surface area contributed by atoms with Crippen LogP contribution in [0.5, 0.6) is 0 Å². The van der Waals surface area contributed by atoms with E-state index in [4.69, 9.17) is 9.98 Å². The molecule has 0 bridgehead atoms. The van der Waals surface area contributed by atoms with Crippen molar-refractivity contribution in [3.63, 3.8) is 0 Å². The summed E-state index contributed by atoms with van der Waals surface area (Å²) in [6.07, 6.45) is 4.13. The summed E-state index contributed by atoms with van der Waals surface area (Å²) in [6.45, 7) is 13.1. The topological polar surface area (TPSA) is 24.7 Å². The summed E-state index contributed by atoms with van der Waals surface area (Å²) in [5.74, 6) is 0. The molecule has 0 N–H and O–H groups in total. The standard InChI is InChI=1S/C24H32N2/c1-23(2,3)17-25-21(19-13-9-7-10-14-19)22(26-18-24(4,5)6)20-15-11-8-12-16-20/h7-18,21-22H,1-6H3/b25-17+,26-18+/t21-,22-/m1/s1. The van der Waals surface area contributed by atoms with Crippen LogP contribution in [0.1, 0.15) is 64.8 Å². The van der Waals surface area contributed by atoms with Gasteiger partial charge in [-0.1, -0.05) is 102 Å². The molecule has 0 aliphatic rings. The highest BCUT2D eigenvalue weighted by atomic mass is 14.9. The zero-order chi connectivity index (χ0) is 19.2. The fraction of sp³-hybridized carbons (Fsp3) is 0.417. The van der Waals surface area contributed by atoms with Crippen LogP contribution < -0.4 is 0 Å². The molecule has 2 atom stereocenters. The maximum Gasteiger partial charge on any atom is 0.101 e. The average molecular weight is 349 g/mol. The Kier molecular flexibility index (Phi) is 6.52. The first kappa shape index (κ1) is 20.1. The van der Waals surface area contributed by atoms with E-state index in [1.165, 1.54) is 11.1 Å². The fourth-order valence-electron chi connectivity index (χ4n) is 2.61. The van der Waals surface area contributed by atoms with E-state index in [0.717, 1.165) is 0 Å². The Bertz CT molecular complexity index is 651. The molecule has 0 amide bonds. The molecule has 0 fully saturated rings. The molecule has 0 aliphatic carbocycles. The molecule has 26 heavy (non-hydrogen) atoms. The summed E-state index contributed by atoms with van der Waals surface area (Å²) >= 11 is 0. The normalized spacial score (nSPS) is 15.5. The second-order valence-electron chi connectivity index (χ2n) is 9.00. The molecule has 2 nitrogen and oxygen atoms in total. The minimum Gasteiger partial charge on any atom is -0.286 e. The molecule has 2 heteroatoms. The van der Waals surface area contributed by atoms with Gasteiger partial charge in [-0.25, -0.2) is 0 Å². The van der Waals surface area contributed by atoms with Gasteiger partial charge in [-0.05, 0) is 22.0 Å². The molecule has 0 saturated heterocycles. The second-order valence-corrected chi connectivity index (χ2v) is 9.00. The van der Waals surface area contributed by atoms with E-state index < -0.39 is 0 Å². The van der Waals surface area contributed by atoms with Crippen LogP contribution in [0.15, 0.2) is 70.6 Å². The van der Waals surface area contributed by atoms with Gasteiger partial charge in [0.05, 0.1) is 0 Å². The highest BCUT2D eigenvalue weighted by molar-refractivity contribution is 5.66. The summed E-state index contributed by atoms with van der Waals surface area (Å²) in [6, 6.07) is 20.9. The Morgan fingerprint density at radius 2 is 0.885 bits per heavy atom. The molecule has 0 aromatic heterocycles. The van der Waals surface area contributed by atoms with E-state index in [9.17, 15) is 0 Å². The first-order valence-electron chi connectivity index (χ1n) is 9.34. The molecular weight excluding hydrogens is 316 g/mol. The van der Waals surface area contributed by atoms with Crippen molar-refractivity contribution in [2.75, 3.05) is 0 Å². The summed E-state index contributed by atoms with van der Waals surface area (Å²) in [7, 11) is 0. The lowest BCUT2D eigenvalue weighted by Crippen LogP contribution is -2.14. The summed E-state index contributed by atoms with van der Waals surface area (Å²) < 4.78 is 0. The first-order chi connectivity index (χ1) is 12.2. The molecular formula is C24H32N2. The number of rotatable bonds is 5. The largest absolute Gasteiger partial charge is 0.286 e. The monoisotopic (exact) mass is 348 g/mol.